The Kier molecular flexibility index (Phi) is 5.54. The highest BCUT2D eigenvalue weighted by atomic mass is 16.4. The van der Waals surface area contributed by atoms with Gasteiger partial charge in [0.05, 0.1) is 0 Å². The molecule has 0 amide bonds. The molecule has 0 spiro atoms. The number of rotatable bonds is 7. The molecule has 88 valence electrons. The van der Waals surface area contributed by atoms with E-state index in [1.807, 2.05) is 6.07 Å². The minimum absolute atomic E-state index is 0.120. The third kappa shape index (κ3) is 4.43. The molecule has 1 aromatic heterocycles. The fourth-order valence-electron chi connectivity index (χ4n) is 1.63. The first-order valence-corrected chi connectivity index (χ1v) is 5.92. The molecule has 0 aliphatic rings. The number of nitrogens with zero attached hydrogens (tertiary/aromatic N) is 1. The van der Waals surface area contributed by atoms with Crippen LogP contribution in [0.1, 0.15) is 55.1 Å². The fraction of sp³-hybridized carbons (Fsp3) is 0.538. The van der Waals surface area contributed by atoms with Crippen LogP contribution in [-0.4, -0.2) is 16.1 Å². The molecule has 0 saturated heterocycles. The summed E-state index contributed by atoms with van der Waals surface area (Å²) >= 11 is 0. The Bertz CT molecular complexity index is 319. The van der Waals surface area contributed by atoms with E-state index < -0.39 is 5.97 Å². The smallest absolute Gasteiger partial charge is 0.354 e. The predicted octanol–water partition coefficient (Wildman–Crippen LogP) is 3.29. The van der Waals surface area contributed by atoms with E-state index in [4.69, 9.17) is 5.11 Å². The summed E-state index contributed by atoms with van der Waals surface area (Å²) in [5.41, 5.74) is 1.25. The Morgan fingerprint density at radius 2 is 2.00 bits per heavy atom. The first-order valence-electron chi connectivity index (χ1n) is 5.92. The first kappa shape index (κ1) is 12.7. The van der Waals surface area contributed by atoms with Gasteiger partial charge in [-0.05, 0) is 24.5 Å². The lowest BCUT2D eigenvalue weighted by molar-refractivity contribution is 0.0690. The number of aromatic nitrogens is 1. The van der Waals surface area contributed by atoms with E-state index in [2.05, 4.69) is 11.9 Å². The van der Waals surface area contributed by atoms with Crippen LogP contribution in [0.15, 0.2) is 18.3 Å². The summed E-state index contributed by atoms with van der Waals surface area (Å²) in [6, 6.07) is 3.43. The van der Waals surface area contributed by atoms with E-state index in [9.17, 15) is 4.79 Å². The van der Waals surface area contributed by atoms with Crippen LogP contribution in [0.4, 0.5) is 0 Å². The van der Waals surface area contributed by atoms with E-state index in [0.717, 1.165) is 18.4 Å². The van der Waals surface area contributed by atoms with Gasteiger partial charge in [-0.15, -0.1) is 0 Å². The third-order valence-electron chi connectivity index (χ3n) is 2.61. The average Bonchev–Trinajstić information content (AvgIpc) is 2.29. The van der Waals surface area contributed by atoms with Crippen molar-refractivity contribution < 1.29 is 9.90 Å². The molecule has 3 heteroatoms. The monoisotopic (exact) mass is 221 g/mol. The van der Waals surface area contributed by atoms with Crippen molar-refractivity contribution >= 4 is 5.97 Å². The number of unbranched alkanes of at least 4 members (excludes halogenated alkanes) is 4. The third-order valence-corrected chi connectivity index (χ3v) is 2.61. The first-order chi connectivity index (χ1) is 7.74. The molecule has 0 atom stereocenters. The number of pyridine rings is 1. The molecule has 0 unspecified atom stereocenters. The molecule has 1 aromatic rings. The van der Waals surface area contributed by atoms with Crippen molar-refractivity contribution in [2.75, 3.05) is 0 Å². The SMILES string of the molecule is CCCCCCCc1ccc(C(=O)O)nc1. The largest absolute Gasteiger partial charge is 0.477 e. The maximum absolute atomic E-state index is 10.6. The van der Waals surface area contributed by atoms with Gasteiger partial charge in [0.1, 0.15) is 5.69 Å². The van der Waals surface area contributed by atoms with Gasteiger partial charge in [-0.2, -0.15) is 0 Å². The molecule has 16 heavy (non-hydrogen) atoms. The van der Waals surface area contributed by atoms with Crippen molar-refractivity contribution in [2.45, 2.75) is 45.4 Å². The highest BCUT2D eigenvalue weighted by Gasteiger charge is 2.03. The second-order valence-corrected chi connectivity index (χ2v) is 4.02. The Balaban J connectivity index is 2.29. The number of aromatic carboxylic acids is 1. The molecule has 1 rings (SSSR count). The van der Waals surface area contributed by atoms with Crippen LogP contribution in [0.2, 0.25) is 0 Å². The second kappa shape index (κ2) is 6.99. The quantitative estimate of drug-likeness (QED) is 0.719. The fourth-order valence-corrected chi connectivity index (χ4v) is 1.63. The Morgan fingerprint density at radius 3 is 2.56 bits per heavy atom. The van der Waals surface area contributed by atoms with Crippen molar-refractivity contribution in [2.24, 2.45) is 0 Å². The van der Waals surface area contributed by atoms with Crippen LogP contribution in [0, 0.1) is 0 Å². The minimum atomic E-state index is -0.963. The zero-order valence-corrected chi connectivity index (χ0v) is 9.78. The van der Waals surface area contributed by atoms with E-state index in [1.165, 1.54) is 25.7 Å². The number of hydrogen-bond acceptors (Lipinski definition) is 2. The molecular formula is C13H19NO2. The average molecular weight is 221 g/mol. The number of carboxylic acids is 1. The highest BCUT2D eigenvalue weighted by molar-refractivity contribution is 5.85. The van der Waals surface area contributed by atoms with Crippen LogP contribution in [-0.2, 0) is 6.42 Å². The standard InChI is InChI=1S/C13H19NO2/c1-2-3-4-5-6-7-11-8-9-12(13(15)16)14-10-11/h8-10H,2-7H2,1H3,(H,15,16). The topological polar surface area (TPSA) is 50.2 Å². The lowest BCUT2D eigenvalue weighted by Gasteiger charge is -2.01. The molecule has 1 heterocycles. The molecule has 0 aromatic carbocycles. The molecular weight excluding hydrogens is 202 g/mol. The van der Waals surface area contributed by atoms with Crippen molar-refractivity contribution in [3.63, 3.8) is 0 Å². The summed E-state index contributed by atoms with van der Waals surface area (Å²) in [7, 11) is 0. The summed E-state index contributed by atoms with van der Waals surface area (Å²) in [5.74, 6) is -0.963. The van der Waals surface area contributed by atoms with Gasteiger partial charge in [-0.1, -0.05) is 38.7 Å². The minimum Gasteiger partial charge on any atom is -0.477 e. The van der Waals surface area contributed by atoms with Crippen molar-refractivity contribution in [3.8, 4) is 0 Å². The molecule has 0 bridgehead atoms. The number of hydrogen-bond donors (Lipinski definition) is 1. The van der Waals surface area contributed by atoms with Gasteiger partial charge >= 0.3 is 5.97 Å². The normalized spacial score (nSPS) is 10.3. The number of carbonyl (C=O) groups is 1. The second-order valence-electron chi connectivity index (χ2n) is 4.02. The maximum Gasteiger partial charge on any atom is 0.354 e. The van der Waals surface area contributed by atoms with Crippen LogP contribution >= 0.6 is 0 Å². The Labute approximate surface area is 96.5 Å². The summed E-state index contributed by atoms with van der Waals surface area (Å²) in [4.78, 5) is 14.5. The summed E-state index contributed by atoms with van der Waals surface area (Å²) in [5, 5.41) is 8.69. The van der Waals surface area contributed by atoms with E-state index in [0.29, 0.717) is 0 Å². The van der Waals surface area contributed by atoms with Crippen LogP contribution in [0.25, 0.3) is 0 Å². The summed E-state index contributed by atoms with van der Waals surface area (Å²) < 4.78 is 0. The molecule has 0 radical (unpaired) electrons. The van der Waals surface area contributed by atoms with Gasteiger partial charge in [0.25, 0.3) is 0 Å². The van der Waals surface area contributed by atoms with Gasteiger partial charge in [-0.25, -0.2) is 9.78 Å². The zero-order chi connectivity index (χ0) is 11.8. The maximum atomic E-state index is 10.6. The lowest BCUT2D eigenvalue weighted by Crippen LogP contribution is -2.00. The molecule has 3 nitrogen and oxygen atoms in total. The molecule has 0 fully saturated rings. The van der Waals surface area contributed by atoms with Crippen molar-refractivity contribution in [1.29, 1.82) is 0 Å². The molecule has 0 aliphatic heterocycles. The van der Waals surface area contributed by atoms with Gasteiger partial charge in [0.2, 0.25) is 0 Å². The van der Waals surface area contributed by atoms with Crippen LogP contribution in [0.5, 0.6) is 0 Å². The van der Waals surface area contributed by atoms with E-state index in [1.54, 1.807) is 12.3 Å². The van der Waals surface area contributed by atoms with Gasteiger partial charge < -0.3 is 5.11 Å². The van der Waals surface area contributed by atoms with Crippen LogP contribution < -0.4 is 0 Å². The lowest BCUT2D eigenvalue weighted by atomic mass is 10.1. The van der Waals surface area contributed by atoms with Crippen molar-refractivity contribution in [3.05, 3.63) is 29.6 Å². The van der Waals surface area contributed by atoms with Crippen LogP contribution in [0.3, 0.4) is 0 Å². The number of aryl methyl sites for hydroxylation is 1. The van der Waals surface area contributed by atoms with Gasteiger partial charge in [0, 0.05) is 6.20 Å². The van der Waals surface area contributed by atoms with Crippen molar-refractivity contribution in [1.82, 2.24) is 4.98 Å². The molecule has 0 aliphatic carbocycles. The van der Waals surface area contributed by atoms with Gasteiger partial charge in [0.15, 0.2) is 0 Å². The van der Waals surface area contributed by atoms with E-state index >= 15 is 0 Å². The Hall–Kier alpha value is -1.38. The van der Waals surface area contributed by atoms with E-state index in [-0.39, 0.29) is 5.69 Å². The molecule has 0 saturated carbocycles. The highest BCUT2D eigenvalue weighted by Crippen LogP contribution is 2.08. The summed E-state index contributed by atoms with van der Waals surface area (Å²) in [6.45, 7) is 2.20. The number of carboxylic acid groups (broad SMARTS) is 1. The zero-order valence-electron chi connectivity index (χ0n) is 9.78. The Morgan fingerprint density at radius 1 is 1.25 bits per heavy atom. The summed E-state index contributed by atoms with van der Waals surface area (Å²) in [6.07, 6.45) is 8.92. The molecule has 1 N–H and O–H groups in total. The predicted molar refractivity (Wildman–Crippen MR) is 63.7 cm³/mol. The van der Waals surface area contributed by atoms with Gasteiger partial charge in [-0.3, -0.25) is 0 Å².